The van der Waals surface area contributed by atoms with Gasteiger partial charge in [-0.2, -0.15) is 0 Å². The van der Waals surface area contributed by atoms with Crippen molar-refractivity contribution < 1.29 is 9.53 Å². The van der Waals surface area contributed by atoms with Crippen LogP contribution >= 0.6 is 0 Å². The molecule has 19 heavy (non-hydrogen) atoms. The Balaban J connectivity index is 1.77. The van der Waals surface area contributed by atoms with Gasteiger partial charge in [0.2, 0.25) is 0 Å². The average Bonchev–Trinajstić information content (AvgIpc) is 2.47. The first-order valence-electron chi connectivity index (χ1n) is 6.49. The number of ether oxygens (including phenoxy) is 1. The second kappa shape index (κ2) is 6.89. The molecule has 0 radical (unpaired) electrons. The van der Waals surface area contributed by atoms with Crippen molar-refractivity contribution in [2.45, 2.75) is 19.4 Å². The third-order valence-electron chi connectivity index (χ3n) is 2.96. The van der Waals surface area contributed by atoms with E-state index in [1.165, 1.54) is 5.57 Å². The van der Waals surface area contributed by atoms with Crippen LogP contribution in [-0.2, 0) is 4.79 Å². The van der Waals surface area contributed by atoms with Gasteiger partial charge in [-0.3, -0.25) is 9.78 Å². The monoisotopic (exact) mass is 261 g/mol. The lowest BCUT2D eigenvalue weighted by Gasteiger charge is -2.17. The molecule has 0 fully saturated rings. The second-order valence-electron chi connectivity index (χ2n) is 4.48. The molecule has 102 valence electrons. The molecule has 0 saturated heterocycles. The van der Waals surface area contributed by atoms with Crippen LogP contribution in [0.4, 0.5) is 0 Å². The van der Waals surface area contributed by atoms with Crippen LogP contribution in [-0.4, -0.2) is 36.6 Å². The summed E-state index contributed by atoms with van der Waals surface area (Å²) in [4.78, 5) is 15.8. The van der Waals surface area contributed by atoms with E-state index in [0.717, 1.165) is 19.5 Å². The molecule has 2 N–H and O–H groups in total. The number of hydrogen-bond acceptors (Lipinski definition) is 4. The summed E-state index contributed by atoms with van der Waals surface area (Å²) in [5.74, 6) is 0.495. The van der Waals surface area contributed by atoms with Crippen LogP contribution in [0.15, 0.2) is 36.2 Å². The Morgan fingerprint density at radius 2 is 2.53 bits per heavy atom. The number of pyridine rings is 1. The van der Waals surface area contributed by atoms with Gasteiger partial charge in [0.15, 0.2) is 6.10 Å². The van der Waals surface area contributed by atoms with Gasteiger partial charge in [-0.05, 0) is 32.0 Å². The Morgan fingerprint density at radius 1 is 1.63 bits per heavy atom. The van der Waals surface area contributed by atoms with Crippen molar-refractivity contribution >= 4 is 5.91 Å². The van der Waals surface area contributed by atoms with Crippen LogP contribution in [0.1, 0.15) is 13.3 Å². The van der Waals surface area contributed by atoms with Gasteiger partial charge in [0.05, 0.1) is 6.20 Å². The van der Waals surface area contributed by atoms with Gasteiger partial charge in [-0.15, -0.1) is 0 Å². The maximum atomic E-state index is 11.9. The molecule has 0 aliphatic carbocycles. The molecule has 1 aromatic rings. The summed E-state index contributed by atoms with van der Waals surface area (Å²) in [6.07, 6.45) is 5.85. The van der Waals surface area contributed by atoms with E-state index in [2.05, 4.69) is 21.7 Å². The van der Waals surface area contributed by atoms with E-state index in [4.69, 9.17) is 4.74 Å². The fourth-order valence-corrected chi connectivity index (χ4v) is 1.85. The zero-order valence-corrected chi connectivity index (χ0v) is 11.1. The maximum Gasteiger partial charge on any atom is 0.261 e. The highest BCUT2D eigenvalue weighted by Crippen LogP contribution is 2.09. The minimum absolute atomic E-state index is 0.108. The normalized spacial score (nSPS) is 16.4. The summed E-state index contributed by atoms with van der Waals surface area (Å²) in [5, 5.41) is 6.13. The molecule has 1 atom stereocenters. The predicted molar refractivity (Wildman–Crippen MR) is 72.9 cm³/mol. The highest BCUT2D eigenvalue weighted by atomic mass is 16.5. The van der Waals surface area contributed by atoms with Crippen molar-refractivity contribution in [1.82, 2.24) is 15.6 Å². The molecule has 1 aliphatic rings. The summed E-state index contributed by atoms with van der Waals surface area (Å²) in [5.41, 5.74) is 1.26. The summed E-state index contributed by atoms with van der Waals surface area (Å²) < 4.78 is 5.51. The van der Waals surface area contributed by atoms with E-state index in [1.807, 2.05) is 0 Å². The van der Waals surface area contributed by atoms with Crippen LogP contribution in [0, 0.1) is 0 Å². The summed E-state index contributed by atoms with van der Waals surface area (Å²) in [6, 6.07) is 3.56. The Morgan fingerprint density at radius 3 is 3.21 bits per heavy atom. The number of hydrogen-bond donors (Lipinski definition) is 2. The first kappa shape index (κ1) is 13.5. The van der Waals surface area contributed by atoms with Gasteiger partial charge < -0.3 is 15.4 Å². The van der Waals surface area contributed by atoms with Crippen molar-refractivity contribution in [2.75, 3.05) is 19.6 Å². The zero-order chi connectivity index (χ0) is 13.5. The van der Waals surface area contributed by atoms with Gasteiger partial charge in [0.25, 0.3) is 5.91 Å². The van der Waals surface area contributed by atoms with Crippen molar-refractivity contribution in [1.29, 1.82) is 0 Å². The number of amides is 1. The molecular formula is C14H19N3O2. The molecule has 0 saturated carbocycles. The molecule has 1 amide bonds. The number of carbonyl (C=O) groups is 1. The highest BCUT2D eigenvalue weighted by molar-refractivity contribution is 5.80. The number of nitrogens with zero attached hydrogens (tertiary/aromatic N) is 1. The van der Waals surface area contributed by atoms with Crippen molar-refractivity contribution in [3.05, 3.63) is 36.2 Å². The molecule has 5 nitrogen and oxygen atoms in total. The van der Waals surface area contributed by atoms with Crippen LogP contribution in [0.25, 0.3) is 0 Å². The third-order valence-corrected chi connectivity index (χ3v) is 2.96. The van der Waals surface area contributed by atoms with E-state index in [0.29, 0.717) is 12.3 Å². The number of rotatable bonds is 5. The molecule has 2 rings (SSSR count). The fourth-order valence-electron chi connectivity index (χ4n) is 1.85. The Bertz CT molecular complexity index is 445. The van der Waals surface area contributed by atoms with Gasteiger partial charge >= 0.3 is 0 Å². The van der Waals surface area contributed by atoms with Crippen molar-refractivity contribution in [3.8, 4) is 5.75 Å². The van der Waals surface area contributed by atoms with E-state index in [9.17, 15) is 4.79 Å². The summed E-state index contributed by atoms with van der Waals surface area (Å²) in [6.45, 7) is 4.19. The Labute approximate surface area is 113 Å². The van der Waals surface area contributed by atoms with E-state index in [-0.39, 0.29) is 5.91 Å². The van der Waals surface area contributed by atoms with Gasteiger partial charge in [-0.25, -0.2) is 0 Å². The summed E-state index contributed by atoms with van der Waals surface area (Å²) in [7, 11) is 0. The van der Waals surface area contributed by atoms with E-state index >= 15 is 0 Å². The van der Waals surface area contributed by atoms with E-state index < -0.39 is 6.10 Å². The molecule has 5 heteroatoms. The van der Waals surface area contributed by atoms with Gasteiger partial charge in [0, 0.05) is 19.3 Å². The Hall–Kier alpha value is -1.88. The van der Waals surface area contributed by atoms with Gasteiger partial charge in [0.1, 0.15) is 5.75 Å². The molecule has 1 aliphatic heterocycles. The van der Waals surface area contributed by atoms with Crippen LogP contribution in [0.5, 0.6) is 5.75 Å². The lowest BCUT2D eigenvalue weighted by Crippen LogP contribution is -2.38. The first-order valence-corrected chi connectivity index (χ1v) is 6.49. The zero-order valence-electron chi connectivity index (χ0n) is 11.1. The largest absolute Gasteiger partial charge is 0.479 e. The molecule has 0 aromatic carbocycles. The fraction of sp³-hybridized carbons (Fsp3) is 0.429. The minimum atomic E-state index is -0.522. The molecule has 0 bridgehead atoms. The average molecular weight is 261 g/mol. The number of aromatic nitrogens is 1. The first-order chi connectivity index (χ1) is 9.25. The van der Waals surface area contributed by atoms with Crippen molar-refractivity contribution in [3.63, 3.8) is 0 Å². The molecule has 1 aromatic heterocycles. The van der Waals surface area contributed by atoms with E-state index in [1.54, 1.807) is 31.5 Å². The predicted octanol–water partition coefficient (Wildman–Crippen LogP) is 0.885. The third kappa shape index (κ3) is 4.37. The number of carbonyl (C=O) groups excluding carboxylic acids is 1. The lowest BCUT2D eigenvalue weighted by molar-refractivity contribution is -0.127. The van der Waals surface area contributed by atoms with Crippen LogP contribution in [0.3, 0.4) is 0 Å². The molecule has 0 unspecified atom stereocenters. The van der Waals surface area contributed by atoms with Crippen molar-refractivity contribution in [2.24, 2.45) is 0 Å². The minimum Gasteiger partial charge on any atom is -0.479 e. The number of nitrogens with one attached hydrogen (secondary N) is 2. The summed E-state index contributed by atoms with van der Waals surface area (Å²) >= 11 is 0. The van der Waals surface area contributed by atoms with Crippen LogP contribution in [0.2, 0.25) is 0 Å². The highest BCUT2D eigenvalue weighted by Gasteiger charge is 2.15. The molecule has 2 heterocycles. The van der Waals surface area contributed by atoms with Crippen LogP contribution < -0.4 is 15.4 Å². The lowest BCUT2D eigenvalue weighted by atomic mass is 10.1. The van der Waals surface area contributed by atoms with Gasteiger partial charge in [-0.1, -0.05) is 11.6 Å². The molecular weight excluding hydrogens is 242 g/mol. The second-order valence-corrected chi connectivity index (χ2v) is 4.48. The SMILES string of the molecule is C[C@@H](Oc1cccnc1)C(=O)NCC1=CCNCC1. The standard InChI is InChI=1S/C14H19N3O2/c1-11(19-13-3-2-6-16-10-13)14(18)17-9-12-4-7-15-8-5-12/h2-4,6,10-11,15H,5,7-9H2,1H3,(H,17,18)/t11-/m1/s1. The smallest absolute Gasteiger partial charge is 0.261 e. The quantitative estimate of drug-likeness (QED) is 0.773. The Kier molecular flexibility index (Phi) is 4.92. The topological polar surface area (TPSA) is 63.2 Å². The maximum absolute atomic E-state index is 11.9. The molecule has 0 spiro atoms.